The molecule has 0 bridgehead atoms. The van der Waals surface area contributed by atoms with E-state index in [0.717, 1.165) is 25.3 Å². The van der Waals surface area contributed by atoms with E-state index in [1.807, 2.05) is 13.8 Å². The van der Waals surface area contributed by atoms with Crippen LogP contribution in [0.4, 0.5) is 0 Å². The topological polar surface area (TPSA) is 45.5 Å². The molecule has 1 atom stereocenters. The van der Waals surface area contributed by atoms with E-state index in [1.54, 1.807) is 6.07 Å². The van der Waals surface area contributed by atoms with Gasteiger partial charge in [-0.1, -0.05) is 24.3 Å². The summed E-state index contributed by atoms with van der Waals surface area (Å²) in [6.45, 7) is 8.49. The van der Waals surface area contributed by atoms with Gasteiger partial charge in [0, 0.05) is 25.7 Å². The molecule has 3 rings (SSSR count). The van der Waals surface area contributed by atoms with Crippen LogP contribution >= 0.6 is 0 Å². The molecule has 1 amide bonds. The van der Waals surface area contributed by atoms with Crippen LogP contribution in [0.3, 0.4) is 0 Å². The first kappa shape index (κ1) is 15.8. The second kappa shape index (κ2) is 6.59. The van der Waals surface area contributed by atoms with Gasteiger partial charge in [-0.3, -0.25) is 9.69 Å². The molecule has 0 radical (unpaired) electrons. The van der Waals surface area contributed by atoms with Crippen molar-refractivity contribution in [2.24, 2.45) is 0 Å². The summed E-state index contributed by atoms with van der Waals surface area (Å²) in [7, 11) is 0. The van der Waals surface area contributed by atoms with Crippen molar-refractivity contribution in [3.8, 4) is 0 Å². The standard InChI is InChI=1S/C19H24N2O2/c1-13(11-20-19(22)18-10-14(2)23-15(18)3)21-9-8-16-6-4-5-7-17(16)12-21/h4-7,10,13H,8-9,11-12H2,1-3H3,(H,20,22)/t13-/m1/s1. The second-order valence-electron chi connectivity index (χ2n) is 6.38. The maximum atomic E-state index is 12.3. The first-order valence-electron chi connectivity index (χ1n) is 8.20. The van der Waals surface area contributed by atoms with Crippen LogP contribution in [0, 0.1) is 13.8 Å². The Hall–Kier alpha value is -2.07. The highest BCUT2D eigenvalue weighted by Crippen LogP contribution is 2.20. The number of benzene rings is 1. The van der Waals surface area contributed by atoms with Crippen LogP contribution in [0.5, 0.6) is 0 Å². The molecular weight excluding hydrogens is 288 g/mol. The van der Waals surface area contributed by atoms with Crippen molar-refractivity contribution in [2.45, 2.75) is 39.8 Å². The summed E-state index contributed by atoms with van der Waals surface area (Å²) < 4.78 is 5.43. The van der Waals surface area contributed by atoms with Crippen LogP contribution in [-0.2, 0) is 13.0 Å². The summed E-state index contributed by atoms with van der Waals surface area (Å²) in [6.07, 6.45) is 1.08. The van der Waals surface area contributed by atoms with Gasteiger partial charge in [-0.2, -0.15) is 0 Å². The number of rotatable bonds is 4. The fourth-order valence-electron chi connectivity index (χ4n) is 3.21. The van der Waals surface area contributed by atoms with Crippen molar-refractivity contribution >= 4 is 5.91 Å². The predicted molar refractivity (Wildman–Crippen MR) is 90.5 cm³/mol. The Morgan fingerprint density at radius 1 is 1.30 bits per heavy atom. The van der Waals surface area contributed by atoms with E-state index in [9.17, 15) is 4.79 Å². The number of nitrogens with one attached hydrogen (secondary N) is 1. The smallest absolute Gasteiger partial charge is 0.254 e. The molecule has 0 fully saturated rings. The maximum Gasteiger partial charge on any atom is 0.254 e. The zero-order chi connectivity index (χ0) is 16.4. The minimum Gasteiger partial charge on any atom is -0.466 e. The Labute approximate surface area is 137 Å². The molecule has 0 unspecified atom stereocenters. The lowest BCUT2D eigenvalue weighted by Crippen LogP contribution is -2.44. The van der Waals surface area contributed by atoms with Crippen molar-refractivity contribution < 1.29 is 9.21 Å². The fraction of sp³-hybridized carbons (Fsp3) is 0.421. The molecule has 1 aromatic carbocycles. The van der Waals surface area contributed by atoms with Gasteiger partial charge in [0.1, 0.15) is 11.5 Å². The molecule has 0 saturated carbocycles. The van der Waals surface area contributed by atoms with Gasteiger partial charge in [-0.25, -0.2) is 0 Å². The molecule has 4 nitrogen and oxygen atoms in total. The highest BCUT2D eigenvalue weighted by atomic mass is 16.3. The largest absolute Gasteiger partial charge is 0.466 e. The van der Waals surface area contributed by atoms with Gasteiger partial charge >= 0.3 is 0 Å². The Bertz CT molecular complexity index is 705. The normalized spacial score (nSPS) is 16.0. The lowest BCUT2D eigenvalue weighted by Gasteiger charge is -2.33. The highest BCUT2D eigenvalue weighted by Gasteiger charge is 2.21. The molecule has 1 aromatic heterocycles. The minimum absolute atomic E-state index is 0.0522. The summed E-state index contributed by atoms with van der Waals surface area (Å²) in [4.78, 5) is 14.7. The molecule has 1 aliphatic rings. The summed E-state index contributed by atoms with van der Waals surface area (Å²) in [6, 6.07) is 10.7. The zero-order valence-electron chi connectivity index (χ0n) is 14.1. The number of nitrogens with zero attached hydrogens (tertiary/aromatic N) is 1. The molecule has 4 heteroatoms. The van der Waals surface area contributed by atoms with E-state index in [0.29, 0.717) is 23.9 Å². The van der Waals surface area contributed by atoms with E-state index in [4.69, 9.17) is 4.42 Å². The number of hydrogen-bond donors (Lipinski definition) is 1. The SMILES string of the molecule is Cc1cc(C(=O)NC[C@@H](C)N2CCc3ccccc3C2)c(C)o1. The summed E-state index contributed by atoms with van der Waals surface area (Å²) >= 11 is 0. The third-order valence-electron chi connectivity index (χ3n) is 4.63. The molecule has 23 heavy (non-hydrogen) atoms. The molecule has 0 saturated heterocycles. The fourth-order valence-corrected chi connectivity index (χ4v) is 3.21. The third kappa shape index (κ3) is 3.48. The zero-order valence-corrected chi connectivity index (χ0v) is 14.1. The van der Waals surface area contributed by atoms with Crippen molar-refractivity contribution in [1.29, 1.82) is 0 Å². The number of hydrogen-bond acceptors (Lipinski definition) is 3. The number of aryl methyl sites for hydroxylation is 2. The lowest BCUT2D eigenvalue weighted by atomic mass is 9.99. The van der Waals surface area contributed by atoms with E-state index >= 15 is 0 Å². The molecule has 0 aliphatic carbocycles. The van der Waals surface area contributed by atoms with Crippen molar-refractivity contribution in [3.63, 3.8) is 0 Å². The average molecular weight is 312 g/mol. The van der Waals surface area contributed by atoms with Crippen molar-refractivity contribution in [2.75, 3.05) is 13.1 Å². The van der Waals surface area contributed by atoms with Crippen molar-refractivity contribution in [1.82, 2.24) is 10.2 Å². The van der Waals surface area contributed by atoms with Gasteiger partial charge in [-0.15, -0.1) is 0 Å². The van der Waals surface area contributed by atoms with E-state index < -0.39 is 0 Å². The molecule has 122 valence electrons. The molecule has 2 heterocycles. The van der Waals surface area contributed by atoms with Gasteiger partial charge in [0.15, 0.2) is 0 Å². The quantitative estimate of drug-likeness (QED) is 0.943. The third-order valence-corrected chi connectivity index (χ3v) is 4.63. The van der Waals surface area contributed by atoms with Gasteiger partial charge in [0.25, 0.3) is 5.91 Å². The van der Waals surface area contributed by atoms with Gasteiger partial charge in [0.2, 0.25) is 0 Å². The van der Waals surface area contributed by atoms with E-state index in [1.165, 1.54) is 11.1 Å². The molecule has 1 aliphatic heterocycles. The molecule has 1 N–H and O–H groups in total. The average Bonchev–Trinajstić information content (AvgIpc) is 2.90. The number of fused-ring (bicyclic) bond motifs is 1. The predicted octanol–water partition coefficient (Wildman–Crippen LogP) is 3.07. The van der Waals surface area contributed by atoms with E-state index in [-0.39, 0.29) is 5.91 Å². The summed E-state index contributed by atoms with van der Waals surface area (Å²) in [5.74, 6) is 1.40. The van der Waals surface area contributed by atoms with Gasteiger partial charge < -0.3 is 9.73 Å². The maximum absolute atomic E-state index is 12.3. The van der Waals surface area contributed by atoms with Crippen LogP contribution in [0.1, 0.15) is 39.9 Å². The van der Waals surface area contributed by atoms with Crippen LogP contribution in [0.15, 0.2) is 34.7 Å². The van der Waals surface area contributed by atoms with E-state index in [2.05, 4.69) is 41.4 Å². The van der Waals surface area contributed by atoms with Crippen LogP contribution in [-0.4, -0.2) is 29.9 Å². The lowest BCUT2D eigenvalue weighted by molar-refractivity contribution is 0.0931. The number of amides is 1. The monoisotopic (exact) mass is 312 g/mol. The Kier molecular flexibility index (Phi) is 4.53. The first-order chi connectivity index (χ1) is 11.0. The van der Waals surface area contributed by atoms with Crippen LogP contribution in [0.25, 0.3) is 0 Å². The second-order valence-corrected chi connectivity index (χ2v) is 6.38. The minimum atomic E-state index is -0.0522. The number of carbonyl (C=O) groups excluding carboxylic acids is 1. The first-order valence-corrected chi connectivity index (χ1v) is 8.20. The van der Waals surface area contributed by atoms with Gasteiger partial charge in [0.05, 0.1) is 5.56 Å². The molecule has 0 spiro atoms. The Morgan fingerprint density at radius 3 is 2.74 bits per heavy atom. The van der Waals surface area contributed by atoms with Crippen LogP contribution < -0.4 is 5.32 Å². The number of furan rings is 1. The Morgan fingerprint density at radius 2 is 2.04 bits per heavy atom. The summed E-state index contributed by atoms with van der Waals surface area (Å²) in [5.41, 5.74) is 3.49. The molecule has 2 aromatic rings. The highest BCUT2D eigenvalue weighted by molar-refractivity contribution is 5.95. The number of carbonyl (C=O) groups is 1. The van der Waals surface area contributed by atoms with Gasteiger partial charge in [-0.05, 0) is 44.4 Å². The van der Waals surface area contributed by atoms with Crippen LogP contribution in [0.2, 0.25) is 0 Å². The van der Waals surface area contributed by atoms with Crippen molar-refractivity contribution in [3.05, 3.63) is 58.5 Å². The molecular formula is C19H24N2O2. The summed E-state index contributed by atoms with van der Waals surface area (Å²) in [5, 5.41) is 3.03. The Balaban J connectivity index is 1.57.